The highest BCUT2D eigenvalue weighted by Gasteiger charge is 2.50. The van der Waals surface area contributed by atoms with E-state index in [1.54, 1.807) is 30.3 Å². The fourth-order valence-electron chi connectivity index (χ4n) is 3.45. The summed E-state index contributed by atoms with van der Waals surface area (Å²) >= 11 is 0. The first kappa shape index (κ1) is 28.9. The number of sulfonamides is 1. The van der Waals surface area contributed by atoms with Crippen LogP contribution < -0.4 is 10.0 Å². The maximum Gasteiger partial charge on any atom is 0.490 e. The summed E-state index contributed by atoms with van der Waals surface area (Å²) in [6.45, 7) is 8.31. The Morgan fingerprint density at radius 3 is 2.03 bits per heavy atom. The summed E-state index contributed by atoms with van der Waals surface area (Å²) in [5.41, 5.74) is 2.00. The Kier molecular flexibility index (Phi) is 9.31. The highest BCUT2D eigenvalue weighted by molar-refractivity contribution is 7.92. The van der Waals surface area contributed by atoms with E-state index in [1.165, 1.54) is 0 Å². The average molecular weight is 527 g/mol. The topological polar surface area (TPSA) is 113 Å². The van der Waals surface area contributed by atoms with Gasteiger partial charge in [-0.05, 0) is 60.6 Å². The Labute approximate surface area is 208 Å². The van der Waals surface area contributed by atoms with Crippen LogP contribution in [0, 0.1) is 5.92 Å². The number of aliphatic carboxylic acids is 1. The summed E-state index contributed by atoms with van der Waals surface area (Å²) in [6.07, 6.45) is -0.924. The lowest BCUT2D eigenvalue weighted by molar-refractivity contribution is -0.192. The van der Waals surface area contributed by atoms with Gasteiger partial charge in [-0.15, -0.1) is 6.58 Å². The molecule has 3 rings (SSSR count). The fraction of sp³-hybridized carbons (Fsp3) is 0.360. The number of alkyl halides is 3. The van der Waals surface area contributed by atoms with Crippen molar-refractivity contribution in [3.05, 3.63) is 72.3 Å². The van der Waals surface area contributed by atoms with Crippen molar-refractivity contribution in [1.29, 1.82) is 0 Å². The monoisotopic (exact) mass is 526 g/mol. The molecule has 0 unspecified atom stereocenters. The Balaban J connectivity index is 0.000000572. The number of carboxylic acid groups (broad SMARTS) is 1. The summed E-state index contributed by atoms with van der Waals surface area (Å²) in [5.74, 6) is -2.25. The van der Waals surface area contributed by atoms with E-state index >= 15 is 0 Å². The highest BCUT2D eigenvalue weighted by Crippen LogP contribution is 2.48. The Morgan fingerprint density at radius 2 is 1.61 bits per heavy atom. The zero-order valence-corrected chi connectivity index (χ0v) is 20.7. The number of carbonyl (C=O) groups is 2. The lowest BCUT2D eigenvalue weighted by atomic mass is 9.95. The van der Waals surface area contributed by atoms with E-state index < -0.39 is 27.6 Å². The van der Waals surface area contributed by atoms with Crippen LogP contribution in [0.2, 0.25) is 0 Å². The van der Waals surface area contributed by atoms with Gasteiger partial charge in [-0.1, -0.05) is 44.2 Å². The second-order valence-corrected chi connectivity index (χ2v) is 10.5. The summed E-state index contributed by atoms with van der Waals surface area (Å²) in [4.78, 5) is 21.5. The number of carbonyl (C=O) groups excluding carboxylic acids is 1. The first-order chi connectivity index (χ1) is 16.7. The van der Waals surface area contributed by atoms with Gasteiger partial charge in [0.25, 0.3) is 10.0 Å². The highest BCUT2D eigenvalue weighted by atomic mass is 32.2. The molecule has 1 amide bonds. The second-order valence-electron chi connectivity index (χ2n) is 8.81. The summed E-state index contributed by atoms with van der Waals surface area (Å²) in [7, 11) is -3.66. The number of rotatable bonds is 9. The number of hydrogen-bond donors (Lipinski definition) is 3. The van der Waals surface area contributed by atoms with Gasteiger partial charge in [0.05, 0.1) is 10.3 Å². The maximum absolute atomic E-state index is 12.7. The number of hydrogen-bond acceptors (Lipinski definition) is 4. The molecule has 1 fully saturated rings. The van der Waals surface area contributed by atoms with Gasteiger partial charge in [0, 0.05) is 12.2 Å². The summed E-state index contributed by atoms with van der Waals surface area (Å²) < 4.78 is 59.7. The SMILES string of the molecule is C=CCNC(=O)C1(c2ccc(NS(=O)(=O)c3ccc(CC(C)C)cc3)cc2)CC1.O=C(O)C(F)(F)F. The van der Waals surface area contributed by atoms with Crippen LogP contribution in [0.4, 0.5) is 18.9 Å². The normalized spacial score (nSPS) is 14.3. The van der Waals surface area contributed by atoms with E-state index in [2.05, 4.69) is 30.5 Å². The molecule has 1 aliphatic rings. The van der Waals surface area contributed by atoms with Gasteiger partial charge in [0.15, 0.2) is 0 Å². The number of amides is 1. The predicted molar refractivity (Wildman–Crippen MR) is 130 cm³/mol. The van der Waals surface area contributed by atoms with Gasteiger partial charge in [-0.3, -0.25) is 9.52 Å². The standard InChI is InChI=1S/C23H28N2O3S.C2HF3O2/c1-4-15-24-22(26)23(13-14-23)19-7-9-20(10-8-19)25-29(27,28)21-11-5-18(6-12-21)16-17(2)3;3-2(4,5)1(6)7/h4-12,17,25H,1,13-16H2,2-3H3,(H,24,26);(H,6,7). The van der Waals surface area contributed by atoms with Crippen molar-refractivity contribution < 1.29 is 36.3 Å². The molecular weight excluding hydrogens is 497 g/mol. The van der Waals surface area contributed by atoms with Crippen molar-refractivity contribution in [2.24, 2.45) is 5.92 Å². The zero-order valence-electron chi connectivity index (χ0n) is 19.9. The van der Waals surface area contributed by atoms with Crippen LogP contribution in [0.25, 0.3) is 0 Å². The molecule has 0 heterocycles. The van der Waals surface area contributed by atoms with Crippen LogP contribution in [0.3, 0.4) is 0 Å². The molecule has 2 aromatic carbocycles. The van der Waals surface area contributed by atoms with Crippen molar-refractivity contribution in [2.75, 3.05) is 11.3 Å². The number of halogens is 3. The molecule has 196 valence electrons. The molecule has 0 spiro atoms. The first-order valence-corrected chi connectivity index (χ1v) is 12.6. The minimum Gasteiger partial charge on any atom is -0.475 e. The molecule has 1 aliphatic carbocycles. The molecule has 1 saturated carbocycles. The third-order valence-corrected chi connectivity index (χ3v) is 6.80. The van der Waals surface area contributed by atoms with Crippen LogP contribution in [0.1, 0.15) is 37.8 Å². The molecule has 0 saturated heterocycles. The number of carboxylic acids is 1. The van der Waals surface area contributed by atoms with Gasteiger partial charge in [-0.25, -0.2) is 13.2 Å². The average Bonchev–Trinajstić information content (AvgIpc) is 3.59. The smallest absolute Gasteiger partial charge is 0.475 e. The van der Waals surface area contributed by atoms with Gasteiger partial charge in [-0.2, -0.15) is 13.2 Å². The lowest BCUT2D eigenvalue weighted by Crippen LogP contribution is -2.34. The van der Waals surface area contributed by atoms with Gasteiger partial charge in [0.2, 0.25) is 5.91 Å². The molecule has 7 nitrogen and oxygen atoms in total. The number of anilines is 1. The summed E-state index contributed by atoms with van der Waals surface area (Å²) in [5, 5.41) is 9.98. The van der Waals surface area contributed by atoms with Crippen molar-refractivity contribution in [3.63, 3.8) is 0 Å². The fourth-order valence-corrected chi connectivity index (χ4v) is 4.51. The Morgan fingerprint density at radius 1 is 1.08 bits per heavy atom. The number of benzene rings is 2. The first-order valence-electron chi connectivity index (χ1n) is 11.1. The lowest BCUT2D eigenvalue weighted by Gasteiger charge is -2.16. The Hall–Kier alpha value is -3.34. The molecule has 36 heavy (non-hydrogen) atoms. The van der Waals surface area contributed by atoms with Crippen LogP contribution in [0.5, 0.6) is 0 Å². The van der Waals surface area contributed by atoms with Gasteiger partial charge < -0.3 is 10.4 Å². The molecular formula is C25H29F3N2O5S. The van der Waals surface area contributed by atoms with Crippen LogP contribution >= 0.6 is 0 Å². The van der Waals surface area contributed by atoms with E-state index in [-0.39, 0.29) is 10.8 Å². The van der Waals surface area contributed by atoms with E-state index in [0.717, 1.165) is 30.4 Å². The molecule has 11 heteroatoms. The maximum atomic E-state index is 12.7. The third-order valence-electron chi connectivity index (χ3n) is 5.40. The summed E-state index contributed by atoms with van der Waals surface area (Å²) in [6, 6.07) is 14.1. The van der Waals surface area contributed by atoms with Crippen LogP contribution in [-0.4, -0.2) is 38.1 Å². The van der Waals surface area contributed by atoms with Crippen LogP contribution in [0.15, 0.2) is 66.1 Å². The molecule has 0 aliphatic heterocycles. The van der Waals surface area contributed by atoms with Crippen LogP contribution in [-0.2, 0) is 31.4 Å². The van der Waals surface area contributed by atoms with Crippen molar-refractivity contribution in [2.45, 2.75) is 49.6 Å². The minimum atomic E-state index is -5.08. The largest absolute Gasteiger partial charge is 0.490 e. The molecule has 0 atom stereocenters. The van der Waals surface area contributed by atoms with Gasteiger partial charge >= 0.3 is 12.1 Å². The second kappa shape index (κ2) is 11.6. The molecule has 0 bridgehead atoms. The van der Waals surface area contributed by atoms with E-state index in [4.69, 9.17) is 9.90 Å². The zero-order chi connectivity index (χ0) is 27.1. The quantitative estimate of drug-likeness (QED) is 0.412. The number of nitrogens with one attached hydrogen (secondary N) is 2. The third kappa shape index (κ3) is 7.84. The van der Waals surface area contributed by atoms with E-state index in [0.29, 0.717) is 18.2 Å². The van der Waals surface area contributed by atoms with E-state index in [1.807, 2.05) is 24.3 Å². The minimum absolute atomic E-state index is 0.00721. The molecule has 3 N–H and O–H groups in total. The van der Waals surface area contributed by atoms with Gasteiger partial charge in [0.1, 0.15) is 0 Å². The molecule has 0 radical (unpaired) electrons. The van der Waals surface area contributed by atoms with Crippen molar-refractivity contribution in [1.82, 2.24) is 5.32 Å². The molecule has 0 aromatic heterocycles. The predicted octanol–water partition coefficient (Wildman–Crippen LogP) is 4.65. The Bertz CT molecular complexity index is 1170. The van der Waals surface area contributed by atoms with Crippen molar-refractivity contribution in [3.8, 4) is 0 Å². The van der Waals surface area contributed by atoms with Crippen molar-refractivity contribution >= 4 is 27.6 Å². The van der Waals surface area contributed by atoms with E-state index in [9.17, 15) is 26.4 Å². The molecule has 2 aromatic rings.